The van der Waals surface area contributed by atoms with Crippen LogP contribution in [0.5, 0.6) is 0 Å². The summed E-state index contributed by atoms with van der Waals surface area (Å²) in [5, 5.41) is 12.6. The SMILES string of the molecule is CNC1(CO)CCC(OCCC(C)C)C1. The highest BCUT2D eigenvalue weighted by molar-refractivity contribution is 4.95. The molecule has 0 aliphatic heterocycles. The van der Waals surface area contributed by atoms with Crippen LogP contribution in [0.2, 0.25) is 0 Å². The van der Waals surface area contributed by atoms with Crippen molar-refractivity contribution in [2.24, 2.45) is 5.92 Å². The van der Waals surface area contributed by atoms with Crippen LogP contribution in [0.3, 0.4) is 0 Å². The molecule has 1 aliphatic rings. The maximum Gasteiger partial charge on any atom is 0.0614 e. The fourth-order valence-electron chi connectivity index (χ4n) is 2.14. The van der Waals surface area contributed by atoms with Gasteiger partial charge in [-0.2, -0.15) is 0 Å². The van der Waals surface area contributed by atoms with Gasteiger partial charge in [0.1, 0.15) is 0 Å². The molecular formula is C12H25NO2. The monoisotopic (exact) mass is 215 g/mol. The van der Waals surface area contributed by atoms with Crippen LogP contribution < -0.4 is 5.32 Å². The van der Waals surface area contributed by atoms with Crippen LogP contribution in [0.4, 0.5) is 0 Å². The zero-order chi connectivity index (χ0) is 11.3. The fraction of sp³-hybridized carbons (Fsp3) is 1.00. The van der Waals surface area contributed by atoms with Crippen molar-refractivity contribution >= 4 is 0 Å². The van der Waals surface area contributed by atoms with Gasteiger partial charge in [-0.15, -0.1) is 0 Å². The minimum atomic E-state index is -0.0809. The highest BCUT2D eigenvalue weighted by atomic mass is 16.5. The van der Waals surface area contributed by atoms with E-state index in [9.17, 15) is 5.11 Å². The maximum atomic E-state index is 9.33. The second kappa shape index (κ2) is 5.83. The van der Waals surface area contributed by atoms with E-state index in [1.807, 2.05) is 7.05 Å². The van der Waals surface area contributed by atoms with E-state index in [-0.39, 0.29) is 12.1 Å². The number of rotatable bonds is 6. The zero-order valence-corrected chi connectivity index (χ0v) is 10.3. The van der Waals surface area contributed by atoms with Gasteiger partial charge in [0.25, 0.3) is 0 Å². The Morgan fingerprint density at radius 1 is 1.53 bits per heavy atom. The second-order valence-electron chi connectivity index (χ2n) is 5.11. The summed E-state index contributed by atoms with van der Waals surface area (Å²) in [6, 6.07) is 0. The summed E-state index contributed by atoms with van der Waals surface area (Å²) in [6.45, 7) is 5.49. The van der Waals surface area contributed by atoms with Gasteiger partial charge in [0.05, 0.1) is 12.7 Å². The largest absolute Gasteiger partial charge is 0.394 e. The van der Waals surface area contributed by atoms with Crippen molar-refractivity contribution < 1.29 is 9.84 Å². The van der Waals surface area contributed by atoms with Crippen LogP contribution in [-0.4, -0.2) is 37.0 Å². The summed E-state index contributed by atoms with van der Waals surface area (Å²) in [5.41, 5.74) is -0.0809. The minimum absolute atomic E-state index is 0.0809. The first kappa shape index (κ1) is 12.9. The van der Waals surface area contributed by atoms with Gasteiger partial charge in [-0.25, -0.2) is 0 Å². The molecule has 2 N–H and O–H groups in total. The van der Waals surface area contributed by atoms with E-state index >= 15 is 0 Å². The molecule has 3 heteroatoms. The smallest absolute Gasteiger partial charge is 0.0614 e. The molecule has 1 rings (SSSR count). The van der Waals surface area contributed by atoms with Gasteiger partial charge >= 0.3 is 0 Å². The van der Waals surface area contributed by atoms with Crippen molar-refractivity contribution in [3.05, 3.63) is 0 Å². The molecule has 0 amide bonds. The lowest BCUT2D eigenvalue weighted by Crippen LogP contribution is -2.44. The topological polar surface area (TPSA) is 41.5 Å². The van der Waals surface area contributed by atoms with Gasteiger partial charge < -0.3 is 15.2 Å². The van der Waals surface area contributed by atoms with Crippen LogP contribution in [0.15, 0.2) is 0 Å². The molecule has 1 fully saturated rings. The molecule has 2 atom stereocenters. The molecular weight excluding hydrogens is 190 g/mol. The molecule has 0 spiro atoms. The summed E-state index contributed by atoms with van der Waals surface area (Å²) >= 11 is 0. The second-order valence-corrected chi connectivity index (χ2v) is 5.11. The van der Waals surface area contributed by atoms with Crippen molar-refractivity contribution in [2.45, 2.75) is 51.2 Å². The first-order chi connectivity index (χ1) is 7.12. The number of nitrogens with one attached hydrogen (secondary N) is 1. The standard InChI is InChI=1S/C12H25NO2/c1-10(2)5-7-15-11-4-6-12(8-11,9-14)13-3/h10-11,13-14H,4-9H2,1-3H3. The van der Waals surface area contributed by atoms with Crippen LogP contribution in [0, 0.1) is 5.92 Å². The third-order valence-electron chi connectivity index (χ3n) is 3.45. The number of ether oxygens (including phenoxy) is 1. The maximum absolute atomic E-state index is 9.33. The normalized spacial score (nSPS) is 31.4. The molecule has 90 valence electrons. The van der Waals surface area contributed by atoms with Crippen LogP contribution >= 0.6 is 0 Å². The van der Waals surface area contributed by atoms with Crippen LogP contribution in [0.25, 0.3) is 0 Å². The van der Waals surface area contributed by atoms with Crippen LogP contribution in [-0.2, 0) is 4.74 Å². The molecule has 0 aromatic rings. The molecule has 0 aromatic heterocycles. The van der Waals surface area contributed by atoms with Crippen molar-refractivity contribution in [1.29, 1.82) is 0 Å². The molecule has 0 radical (unpaired) electrons. The number of hydrogen-bond donors (Lipinski definition) is 2. The lowest BCUT2D eigenvalue weighted by atomic mass is 9.99. The fourth-order valence-corrected chi connectivity index (χ4v) is 2.14. The molecule has 1 aliphatic carbocycles. The zero-order valence-electron chi connectivity index (χ0n) is 10.3. The Labute approximate surface area is 93.2 Å². The van der Waals surface area contributed by atoms with E-state index in [2.05, 4.69) is 19.2 Å². The quantitative estimate of drug-likeness (QED) is 0.706. The molecule has 0 aromatic carbocycles. The molecule has 0 saturated heterocycles. The molecule has 0 bridgehead atoms. The third kappa shape index (κ3) is 3.74. The first-order valence-electron chi connectivity index (χ1n) is 6.03. The Kier molecular flexibility index (Phi) is 5.03. The predicted molar refractivity (Wildman–Crippen MR) is 61.9 cm³/mol. The predicted octanol–water partition coefficient (Wildman–Crippen LogP) is 1.55. The highest BCUT2D eigenvalue weighted by Gasteiger charge is 2.37. The average molecular weight is 215 g/mol. The van der Waals surface area contributed by atoms with Gasteiger partial charge in [0.2, 0.25) is 0 Å². The summed E-state index contributed by atoms with van der Waals surface area (Å²) < 4.78 is 5.82. The van der Waals surface area contributed by atoms with Gasteiger partial charge in [-0.1, -0.05) is 13.8 Å². The Hall–Kier alpha value is -0.120. The molecule has 15 heavy (non-hydrogen) atoms. The summed E-state index contributed by atoms with van der Waals surface area (Å²) in [5.74, 6) is 0.707. The lowest BCUT2D eigenvalue weighted by molar-refractivity contribution is 0.0416. The van der Waals surface area contributed by atoms with Crippen LogP contribution in [0.1, 0.15) is 39.5 Å². The number of aliphatic hydroxyl groups excluding tert-OH is 1. The highest BCUT2D eigenvalue weighted by Crippen LogP contribution is 2.31. The van der Waals surface area contributed by atoms with Gasteiger partial charge in [-0.3, -0.25) is 0 Å². The number of likely N-dealkylation sites (N-methyl/N-ethyl adjacent to an activating group) is 1. The Morgan fingerprint density at radius 3 is 2.73 bits per heavy atom. The van der Waals surface area contributed by atoms with E-state index in [0.717, 1.165) is 32.3 Å². The number of hydrogen-bond acceptors (Lipinski definition) is 3. The first-order valence-corrected chi connectivity index (χ1v) is 6.03. The van der Waals surface area contributed by atoms with E-state index < -0.39 is 0 Å². The van der Waals surface area contributed by atoms with Gasteiger partial charge in [0, 0.05) is 12.1 Å². The molecule has 3 nitrogen and oxygen atoms in total. The summed E-state index contributed by atoms with van der Waals surface area (Å²) in [6.07, 6.45) is 4.50. The van der Waals surface area contributed by atoms with Gasteiger partial charge in [0.15, 0.2) is 0 Å². The molecule has 2 unspecified atom stereocenters. The summed E-state index contributed by atoms with van der Waals surface area (Å²) in [7, 11) is 1.92. The lowest BCUT2D eigenvalue weighted by Gasteiger charge is -2.26. The van der Waals surface area contributed by atoms with Crippen molar-refractivity contribution in [2.75, 3.05) is 20.3 Å². The average Bonchev–Trinajstić information content (AvgIpc) is 2.62. The van der Waals surface area contributed by atoms with Gasteiger partial charge in [-0.05, 0) is 38.6 Å². The third-order valence-corrected chi connectivity index (χ3v) is 3.45. The van der Waals surface area contributed by atoms with Crippen molar-refractivity contribution in [3.63, 3.8) is 0 Å². The number of aliphatic hydroxyl groups is 1. The van der Waals surface area contributed by atoms with E-state index in [0.29, 0.717) is 12.0 Å². The minimum Gasteiger partial charge on any atom is -0.394 e. The Balaban J connectivity index is 2.24. The van der Waals surface area contributed by atoms with Crippen molar-refractivity contribution in [1.82, 2.24) is 5.32 Å². The van der Waals surface area contributed by atoms with E-state index in [1.165, 1.54) is 0 Å². The van der Waals surface area contributed by atoms with E-state index in [1.54, 1.807) is 0 Å². The summed E-state index contributed by atoms with van der Waals surface area (Å²) in [4.78, 5) is 0. The Bertz CT molecular complexity index is 178. The van der Waals surface area contributed by atoms with E-state index in [4.69, 9.17) is 4.74 Å². The molecule has 0 heterocycles. The van der Waals surface area contributed by atoms with Crippen molar-refractivity contribution in [3.8, 4) is 0 Å². The Morgan fingerprint density at radius 2 is 2.27 bits per heavy atom. The molecule has 1 saturated carbocycles.